The minimum Gasteiger partial charge on any atom is -0.465 e. The van der Waals surface area contributed by atoms with Crippen LogP contribution in [0.2, 0.25) is 0 Å². The van der Waals surface area contributed by atoms with Crippen LogP contribution >= 0.6 is 22.6 Å². The molecule has 0 aliphatic heterocycles. The lowest BCUT2D eigenvalue weighted by molar-refractivity contribution is 0.131. The van der Waals surface area contributed by atoms with Crippen molar-refractivity contribution in [1.82, 2.24) is 5.32 Å². The molecule has 0 unspecified atom stereocenters. The standard InChI is InChI=1S/C10H10INO3/c11-6-2-1-5-3-8(13)9(7(5)4-6)12-10(14)15/h1-2,4,8-9,12-13H,3H2,(H,14,15)/t8-,9-/m0/s1. The van der Waals surface area contributed by atoms with E-state index >= 15 is 0 Å². The molecule has 5 heteroatoms. The third-order valence-corrected chi connectivity index (χ3v) is 3.21. The molecular weight excluding hydrogens is 309 g/mol. The summed E-state index contributed by atoms with van der Waals surface area (Å²) in [5.74, 6) is 0. The quantitative estimate of drug-likeness (QED) is 0.688. The van der Waals surface area contributed by atoms with Gasteiger partial charge in [0.1, 0.15) is 0 Å². The van der Waals surface area contributed by atoms with Gasteiger partial charge in [0, 0.05) is 9.99 Å². The smallest absolute Gasteiger partial charge is 0.405 e. The normalized spacial score (nSPS) is 23.6. The van der Waals surface area contributed by atoms with E-state index in [-0.39, 0.29) is 0 Å². The van der Waals surface area contributed by atoms with Crippen molar-refractivity contribution in [3.05, 3.63) is 32.9 Å². The zero-order chi connectivity index (χ0) is 11.0. The highest BCUT2D eigenvalue weighted by atomic mass is 127. The lowest BCUT2D eigenvalue weighted by atomic mass is 10.1. The van der Waals surface area contributed by atoms with Crippen LogP contribution in [0.5, 0.6) is 0 Å². The summed E-state index contributed by atoms with van der Waals surface area (Å²) in [6.07, 6.45) is -1.25. The van der Waals surface area contributed by atoms with E-state index < -0.39 is 18.2 Å². The number of hydrogen-bond acceptors (Lipinski definition) is 2. The van der Waals surface area contributed by atoms with Crippen molar-refractivity contribution in [1.29, 1.82) is 0 Å². The van der Waals surface area contributed by atoms with Crippen molar-refractivity contribution >= 4 is 28.7 Å². The molecule has 0 bridgehead atoms. The Labute approximate surface area is 100 Å². The summed E-state index contributed by atoms with van der Waals surface area (Å²) in [6, 6.07) is 5.30. The van der Waals surface area contributed by atoms with E-state index in [9.17, 15) is 9.90 Å². The van der Waals surface area contributed by atoms with Crippen LogP contribution in [-0.2, 0) is 6.42 Å². The Morgan fingerprint density at radius 2 is 2.27 bits per heavy atom. The highest BCUT2D eigenvalue weighted by Crippen LogP contribution is 2.32. The number of fused-ring (bicyclic) bond motifs is 1. The molecule has 0 heterocycles. The summed E-state index contributed by atoms with van der Waals surface area (Å²) >= 11 is 2.17. The van der Waals surface area contributed by atoms with Crippen LogP contribution in [0, 0.1) is 3.57 Å². The number of rotatable bonds is 1. The SMILES string of the molecule is O=C(O)N[C@H]1c2cc(I)ccc2C[C@@H]1O. The van der Waals surface area contributed by atoms with E-state index in [0.29, 0.717) is 6.42 Å². The molecule has 4 nitrogen and oxygen atoms in total. The lowest BCUT2D eigenvalue weighted by Crippen LogP contribution is -2.32. The summed E-state index contributed by atoms with van der Waals surface area (Å²) in [4.78, 5) is 10.6. The van der Waals surface area contributed by atoms with Crippen molar-refractivity contribution in [2.75, 3.05) is 0 Å². The molecule has 0 fully saturated rings. The minimum atomic E-state index is -1.11. The molecule has 1 aromatic rings. The average molecular weight is 319 g/mol. The molecule has 0 saturated heterocycles. The molecular formula is C10H10INO3. The fourth-order valence-corrected chi connectivity index (χ4v) is 2.41. The third kappa shape index (κ3) is 2.07. The first-order chi connectivity index (χ1) is 7.08. The Bertz CT molecular complexity index is 408. The molecule has 0 saturated carbocycles. The van der Waals surface area contributed by atoms with Gasteiger partial charge in [-0.25, -0.2) is 4.79 Å². The first-order valence-electron chi connectivity index (χ1n) is 4.54. The number of aliphatic hydroxyl groups is 1. The second-order valence-corrected chi connectivity index (χ2v) is 4.79. The topological polar surface area (TPSA) is 69.6 Å². The van der Waals surface area contributed by atoms with Crippen molar-refractivity contribution in [3.8, 4) is 0 Å². The first kappa shape index (κ1) is 10.7. The largest absolute Gasteiger partial charge is 0.465 e. The van der Waals surface area contributed by atoms with Gasteiger partial charge in [-0.3, -0.25) is 0 Å². The van der Waals surface area contributed by atoms with Gasteiger partial charge in [-0.05, 0) is 45.9 Å². The van der Waals surface area contributed by atoms with Crippen molar-refractivity contribution in [2.45, 2.75) is 18.6 Å². The van der Waals surface area contributed by atoms with Crippen LogP contribution in [0.1, 0.15) is 17.2 Å². The second-order valence-electron chi connectivity index (χ2n) is 3.54. The van der Waals surface area contributed by atoms with Gasteiger partial charge >= 0.3 is 6.09 Å². The van der Waals surface area contributed by atoms with Crippen LogP contribution in [0.25, 0.3) is 0 Å². The molecule has 15 heavy (non-hydrogen) atoms. The number of amides is 1. The first-order valence-corrected chi connectivity index (χ1v) is 5.61. The maximum Gasteiger partial charge on any atom is 0.405 e. The summed E-state index contributed by atoms with van der Waals surface area (Å²) in [6.45, 7) is 0. The van der Waals surface area contributed by atoms with Gasteiger partial charge < -0.3 is 15.5 Å². The number of halogens is 1. The number of benzene rings is 1. The Kier molecular flexibility index (Phi) is 2.83. The third-order valence-electron chi connectivity index (χ3n) is 2.54. The van der Waals surface area contributed by atoms with Gasteiger partial charge in [0.15, 0.2) is 0 Å². The number of carbonyl (C=O) groups is 1. The number of carboxylic acid groups (broad SMARTS) is 1. The van der Waals surface area contributed by atoms with Crippen molar-refractivity contribution in [3.63, 3.8) is 0 Å². The Hall–Kier alpha value is -0.820. The predicted octanol–water partition coefficient (Wildman–Crippen LogP) is 1.52. The van der Waals surface area contributed by atoms with Crippen LogP contribution < -0.4 is 5.32 Å². The predicted molar refractivity (Wildman–Crippen MR) is 62.8 cm³/mol. The van der Waals surface area contributed by atoms with Crippen LogP contribution in [-0.4, -0.2) is 22.4 Å². The molecule has 0 aromatic heterocycles. The summed E-state index contributed by atoms with van der Waals surface area (Å²) in [5.41, 5.74) is 1.90. The van der Waals surface area contributed by atoms with Gasteiger partial charge in [-0.15, -0.1) is 0 Å². The van der Waals surface area contributed by atoms with Gasteiger partial charge in [0.25, 0.3) is 0 Å². The van der Waals surface area contributed by atoms with E-state index in [1.54, 1.807) is 0 Å². The van der Waals surface area contributed by atoms with Crippen molar-refractivity contribution in [2.24, 2.45) is 0 Å². The fourth-order valence-electron chi connectivity index (χ4n) is 1.90. The van der Waals surface area contributed by atoms with Crippen molar-refractivity contribution < 1.29 is 15.0 Å². The summed E-state index contributed by atoms with van der Waals surface area (Å²) in [7, 11) is 0. The molecule has 3 N–H and O–H groups in total. The van der Waals surface area contributed by atoms with Gasteiger partial charge in [0.05, 0.1) is 12.1 Å². The van der Waals surface area contributed by atoms with E-state index in [2.05, 4.69) is 27.9 Å². The molecule has 1 amide bonds. The highest BCUT2D eigenvalue weighted by Gasteiger charge is 2.32. The molecule has 1 aliphatic carbocycles. The number of nitrogens with one attached hydrogen (secondary N) is 1. The number of hydrogen-bond donors (Lipinski definition) is 3. The Morgan fingerprint density at radius 1 is 1.53 bits per heavy atom. The maximum atomic E-state index is 10.6. The van der Waals surface area contributed by atoms with Crippen LogP contribution in [0.15, 0.2) is 18.2 Å². The van der Waals surface area contributed by atoms with Crippen LogP contribution in [0.4, 0.5) is 4.79 Å². The Morgan fingerprint density at radius 3 is 2.93 bits per heavy atom. The van der Waals surface area contributed by atoms with Gasteiger partial charge in [-0.1, -0.05) is 6.07 Å². The summed E-state index contributed by atoms with van der Waals surface area (Å²) < 4.78 is 1.04. The van der Waals surface area contributed by atoms with Crippen LogP contribution in [0.3, 0.4) is 0 Å². The Balaban J connectivity index is 2.35. The zero-order valence-corrected chi connectivity index (χ0v) is 9.93. The molecule has 0 spiro atoms. The maximum absolute atomic E-state index is 10.6. The molecule has 1 aromatic carbocycles. The van der Waals surface area contributed by atoms with E-state index in [1.165, 1.54) is 0 Å². The molecule has 80 valence electrons. The molecule has 0 radical (unpaired) electrons. The monoisotopic (exact) mass is 319 g/mol. The van der Waals surface area contributed by atoms with E-state index in [4.69, 9.17) is 5.11 Å². The second kappa shape index (κ2) is 3.97. The van der Waals surface area contributed by atoms with E-state index in [0.717, 1.165) is 14.7 Å². The van der Waals surface area contributed by atoms with E-state index in [1.807, 2.05) is 18.2 Å². The summed E-state index contributed by atoms with van der Waals surface area (Å²) in [5, 5.41) is 20.7. The fraction of sp³-hybridized carbons (Fsp3) is 0.300. The van der Waals surface area contributed by atoms with Gasteiger partial charge in [0.2, 0.25) is 0 Å². The minimum absolute atomic E-state index is 0.493. The number of aliphatic hydroxyl groups excluding tert-OH is 1. The highest BCUT2D eigenvalue weighted by molar-refractivity contribution is 14.1. The molecule has 2 rings (SSSR count). The zero-order valence-electron chi connectivity index (χ0n) is 7.77. The van der Waals surface area contributed by atoms with Gasteiger partial charge in [-0.2, -0.15) is 0 Å². The average Bonchev–Trinajstić information content (AvgIpc) is 2.43. The molecule has 1 aliphatic rings. The molecule has 2 atom stereocenters. The lowest BCUT2D eigenvalue weighted by Gasteiger charge is -2.15.